The van der Waals surface area contributed by atoms with Gasteiger partial charge in [-0.15, -0.1) is 0 Å². The molecule has 0 aliphatic heterocycles. The van der Waals surface area contributed by atoms with Gasteiger partial charge in [-0.25, -0.2) is 0 Å². The molecule has 1 heterocycles. The van der Waals surface area contributed by atoms with Gasteiger partial charge in [0.1, 0.15) is 7.85 Å². The first-order valence-electron chi connectivity index (χ1n) is 2.79. The molecule has 1 nitrogen and oxygen atoms in total. The van der Waals surface area contributed by atoms with Crippen molar-refractivity contribution in [3.05, 3.63) is 23.9 Å². The molecule has 5 heteroatoms. The normalized spacial score (nSPS) is 11.5. The Morgan fingerprint density at radius 2 is 1.91 bits per heavy atom. The van der Waals surface area contributed by atoms with E-state index in [-0.39, 0.29) is 5.59 Å². The maximum Gasteiger partial charge on any atom is 0.417 e. The van der Waals surface area contributed by atoms with E-state index in [0.717, 1.165) is 12.1 Å². The molecule has 2 radical (unpaired) electrons. The van der Waals surface area contributed by atoms with Gasteiger partial charge < -0.3 is 0 Å². The van der Waals surface area contributed by atoms with E-state index >= 15 is 0 Å². The minimum Gasteiger partial charge on any atom is -0.272 e. The molecule has 0 bridgehead atoms. The summed E-state index contributed by atoms with van der Waals surface area (Å²) in [6.07, 6.45) is -3.63. The SMILES string of the molecule is [B]c1ccc(C(F)(F)F)cn1. The Kier molecular flexibility index (Phi) is 1.89. The second kappa shape index (κ2) is 2.56. The topological polar surface area (TPSA) is 12.9 Å². The van der Waals surface area contributed by atoms with Crippen LogP contribution in [0.15, 0.2) is 18.3 Å². The van der Waals surface area contributed by atoms with E-state index in [1.807, 2.05) is 0 Å². The van der Waals surface area contributed by atoms with Crippen molar-refractivity contribution >= 4 is 13.4 Å². The highest BCUT2D eigenvalue weighted by Gasteiger charge is 2.30. The van der Waals surface area contributed by atoms with Crippen molar-refractivity contribution in [3.8, 4) is 0 Å². The lowest BCUT2D eigenvalue weighted by atomic mass is 10.0. The number of hydrogen-bond acceptors (Lipinski definition) is 1. The zero-order valence-corrected chi connectivity index (χ0v) is 5.39. The monoisotopic (exact) mass is 157 g/mol. The van der Waals surface area contributed by atoms with Crippen LogP contribution in [0.1, 0.15) is 5.56 Å². The molecule has 11 heavy (non-hydrogen) atoms. The molecule has 1 aromatic rings. The standard InChI is InChI=1S/C6H3BF3N/c7-5-2-1-4(3-11-5)6(8,9)10/h1-3H. The van der Waals surface area contributed by atoms with E-state index in [1.165, 1.54) is 0 Å². The fourth-order valence-corrected chi connectivity index (χ4v) is 0.573. The summed E-state index contributed by atoms with van der Waals surface area (Å²) in [5, 5.41) is 0. The third-order valence-corrected chi connectivity index (χ3v) is 1.11. The van der Waals surface area contributed by atoms with Crippen molar-refractivity contribution < 1.29 is 13.2 Å². The van der Waals surface area contributed by atoms with Crippen LogP contribution in [-0.2, 0) is 6.18 Å². The van der Waals surface area contributed by atoms with Crippen molar-refractivity contribution in [1.82, 2.24) is 4.98 Å². The molecule has 0 aliphatic rings. The second-order valence-corrected chi connectivity index (χ2v) is 1.97. The highest BCUT2D eigenvalue weighted by molar-refractivity contribution is 6.30. The van der Waals surface area contributed by atoms with Gasteiger partial charge in [0.25, 0.3) is 0 Å². The van der Waals surface area contributed by atoms with E-state index in [1.54, 1.807) is 0 Å². The smallest absolute Gasteiger partial charge is 0.272 e. The lowest BCUT2D eigenvalue weighted by Gasteiger charge is -2.04. The molecule has 56 valence electrons. The van der Waals surface area contributed by atoms with Crippen LogP contribution in [0.25, 0.3) is 0 Å². The van der Waals surface area contributed by atoms with Gasteiger partial charge >= 0.3 is 6.18 Å². The van der Waals surface area contributed by atoms with Crippen LogP contribution < -0.4 is 5.59 Å². The third kappa shape index (κ3) is 1.96. The van der Waals surface area contributed by atoms with Crippen LogP contribution in [-0.4, -0.2) is 12.8 Å². The van der Waals surface area contributed by atoms with Gasteiger partial charge in [0.15, 0.2) is 0 Å². The summed E-state index contributed by atoms with van der Waals surface area (Å²) in [7, 11) is 5.09. The van der Waals surface area contributed by atoms with E-state index in [9.17, 15) is 13.2 Å². The molecular weight excluding hydrogens is 154 g/mol. The van der Waals surface area contributed by atoms with Crippen LogP contribution in [0.4, 0.5) is 13.2 Å². The van der Waals surface area contributed by atoms with Gasteiger partial charge in [-0.2, -0.15) is 13.2 Å². The zero-order chi connectivity index (χ0) is 8.48. The Bertz CT molecular complexity index is 241. The lowest BCUT2D eigenvalue weighted by Crippen LogP contribution is -2.11. The maximum atomic E-state index is 11.8. The number of halogens is 3. The van der Waals surface area contributed by atoms with Gasteiger partial charge in [0, 0.05) is 6.20 Å². The number of nitrogens with zero attached hydrogens (tertiary/aromatic N) is 1. The molecule has 0 aliphatic carbocycles. The summed E-state index contributed by atoms with van der Waals surface area (Å²) in [4.78, 5) is 3.30. The maximum absolute atomic E-state index is 11.8. The summed E-state index contributed by atoms with van der Waals surface area (Å²) in [6, 6.07) is 2.01. The van der Waals surface area contributed by atoms with E-state index < -0.39 is 11.7 Å². The molecule has 0 fully saturated rings. The molecule has 0 aromatic carbocycles. The number of aromatic nitrogens is 1. The Hall–Kier alpha value is -0.995. The van der Waals surface area contributed by atoms with Gasteiger partial charge in [-0.05, 0) is 11.7 Å². The largest absolute Gasteiger partial charge is 0.417 e. The van der Waals surface area contributed by atoms with Crippen molar-refractivity contribution in [2.45, 2.75) is 6.18 Å². The van der Waals surface area contributed by atoms with Crippen LogP contribution in [0.3, 0.4) is 0 Å². The highest BCUT2D eigenvalue weighted by Crippen LogP contribution is 2.27. The summed E-state index contributed by atoms with van der Waals surface area (Å²) in [6.45, 7) is 0. The summed E-state index contributed by atoms with van der Waals surface area (Å²) in [5.74, 6) is 0. The number of hydrogen-bond donors (Lipinski definition) is 0. The third-order valence-electron chi connectivity index (χ3n) is 1.11. The van der Waals surface area contributed by atoms with Gasteiger partial charge in [-0.3, -0.25) is 4.98 Å². The minimum atomic E-state index is -4.33. The summed E-state index contributed by atoms with van der Waals surface area (Å²) in [5.41, 5.74) is -0.704. The second-order valence-electron chi connectivity index (χ2n) is 1.97. The van der Waals surface area contributed by atoms with Crippen molar-refractivity contribution in [1.29, 1.82) is 0 Å². The average molecular weight is 157 g/mol. The predicted octanol–water partition coefficient (Wildman–Crippen LogP) is 0.894. The quantitative estimate of drug-likeness (QED) is 0.509. The first kappa shape index (κ1) is 8.10. The Morgan fingerprint density at radius 3 is 2.27 bits per heavy atom. The van der Waals surface area contributed by atoms with Crippen molar-refractivity contribution in [2.24, 2.45) is 0 Å². The van der Waals surface area contributed by atoms with Gasteiger partial charge in [0.05, 0.1) is 5.56 Å². The van der Waals surface area contributed by atoms with Crippen molar-refractivity contribution in [3.63, 3.8) is 0 Å². The summed E-state index contributed by atoms with van der Waals surface area (Å²) < 4.78 is 35.5. The molecule has 1 rings (SSSR count). The predicted molar refractivity (Wildman–Crippen MR) is 34.6 cm³/mol. The first-order valence-corrected chi connectivity index (χ1v) is 2.79. The lowest BCUT2D eigenvalue weighted by molar-refractivity contribution is -0.137. The Morgan fingerprint density at radius 1 is 1.27 bits per heavy atom. The highest BCUT2D eigenvalue weighted by atomic mass is 19.4. The molecule has 0 N–H and O–H groups in total. The van der Waals surface area contributed by atoms with Crippen LogP contribution in [0, 0.1) is 0 Å². The summed E-state index contributed by atoms with van der Waals surface area (Å²) >= 11 is 0. The van der Waals surface area contributed by atoms with Crippen LogP contribution in [0.2, 0.25) is 0 Å². The first-order chi connectivity index (χ1) is 5.00. The number of alkyl halides is 3. The Labute approximate surface area is 62.7 Å². The fourth-order valence-electron chi connectivity index (χ4n) is 0.573. The van der Waals surface area contributed by atoms with E-state index in [4.69, 9.17) is 7.85 Å². The average Bonchev–Trinajstić information content (AvgIpc) is 1.86. The molecule has 0 amide bonds. The molecule has 0 unspecified atom stereocenters. The zero-order valence-electron chi connectivity index (χ0n) is 5.39. The molecule has 0 atom stereocenters. The molecule has 0 saturated heterocycles. The van der Waals surface area contributed by atoms with Crippen LogP contribution in [0.5, 0.6) is 0 Å². The van der Waals surface area contributed by atoms with Gasteiger partial charge in [-0.1, -0.05) is 6.07 Å². The molecule has 0 spiro atoms. The minimum absolute atomic E-state index is 0.0815. The number of pyridine rings is 1. The molecular formula is C6H3BF3N. The van der Waals surface area contributed by atoms with Crippen LogP contribution >= 0.6 is 0 Å². The van der Waals surface area contributed by atoms with E-state index in [0.29, 0.717) is 6.20 Å². The molecule has 1 aromatic heterocycles. The van der Waals surface area contributed by atoms with Gasteiger partial charge in [0.2, 0.25) is 0 Å². The number of rotatable bonds is 0. The van der Waals surface area contributed by atoms with E-state index in [2.05, 4.69) is 4.98 Å². The fraction of sp³-hybridized carbons (Fsp3) is 0.167. The molecule has 0 saturated carbocycles. The van der Waals surface area contributed by atoms with Crippen molar-refractivity contribution in [2.75, 3.05) is 0 Å². The Balaban J connectivity index is 2.99.